The minimum atomic E-state index is -0.564. The molecule has 6 atom stereocenters. The van der Waals surface area contributed by atoms with Crippen LogP contribution in [-0.2, 0) is 10.2 Å². The predicted molar refractivity (Wildman–Crippen MR) is 108 cm³/mol. The van der Waals surface area contributed by atoms with E-state index in [1.54, 1.807) is 7.11 Å². The zero-order valence-electron chi connectivity index (χ0n) is 17.4. The molecular formula is C24H31NO4. The maximum atomic E-state index is 14.2. The molecule has 29 heavy (non-hydrogen) atoms. The van der Waals surface area contributed by atoms with Gasteiger partial charge in [-0.15, -0.1) is 0 Å². The summed E-state index contributed by atoms with van der Waals surface area (Å²) in [5.41, 5.74) is 0.249. The number of likely N-dealkylation sites (tertiary alicyclic amines) is 1. The second kappa shape index (κ2) is 5.90. The molecule has 2 bridgehead atoms. The molecule has 5 heteroatoms. The Morgan fingerprint density at radius 1 is 1.28 bits per heavy atom. The van der Waals surface area contributed by atoms with Crippen LogP contribution in [0.5, 0.6) is 11.5 Å². The lowest BCUT2D eigenvalue weighted by Gasteiger charge is -2.66. The fourth-order valence-electron chi connectivity index (χ4n) is 7.64. The molecule has 2 aliphatic heterocycles. The smallest absolute Gasteiger partial charge is 0.230 e. The summed E-state index contributed by atoms with van der Waals surface area (Å²) in [6.07, 6.45) is 5.70. The number of rotatable bonds is 4. The van der Waals surface area contributed by atoms with E-state index in [1.807, 2.05) is 19.1 Å². The van der Waals surface area contributed by atoms with Crippen molar-refractivity contribution < 1.29 is 19.4 Å². The van der Waals surface area contributed by atoms with Crippen LogP contribution in [0, 0.1) is 23.2 Å². The van der Waals surface area contributed by atoms with Crippen molar-refractivity contribution in [3.63, 3.8) is 0 Å². The second-order valence-corrected chi connectivity index (χ2v) is 10.1. The average molecular weight is 398 g/mol. The SMILES string of the molecule is COc1cccc2c1OC1C3CCC4(C(=O)N(CC5CC5)CCC214)C(C(C)O)C3. The van der Waals surface area contributed by atoms with E-state index in [0.29, 0.717) is 11.8 Å². The minimum Gasteiger partial charge on any atom is -0.493 e. The number of benzene rings is 1. The Bertz CT molecular complexity index is 864. The van der Waals surface area contributed by atoms with Gasteiger partial charge in [0.25, 0.3) is 0 Å². The maximum absolute atomic E-state index is 14.2. The fraction of sp³-hybridized carbons (Fsp3) is 0.708. The van der Waals surface area contributed by atoms with E-state index in [-0.39, 0.29) is 23.3 Å². The minimum absolute atomic E-state index is 0.00671. The number of hydrogen-bond acceptors (Lipinski definition) is 4. The van der Waals surface area contributed by atoms with Crippen LogP contribution in [0.15, 0.2) is 18.2 Å². The molecule has 0 aromatic heterocycles. The summed E-state index contributed by atoms with van der Waals surface area (Å²) in [5, 5.41) is 10.9. The molecule has 1 N–H and O–H groups in total. The monoisotopic (exact) mass is 397 g/mol. The highest BCUT2D eigenvalue weighted by Gasteiger charge is 2.76. The van der Waals surface area contributed by atoms with Gasteiger partial charge in [0.2, 0.25) is 5.91 Å². The molecular weight excluding hydrogens is 366 g/mol. The molecule has 2 heterocycles. The van der Waals surface area contributed by atoms with Crippen molar-refractivity contribution in [2.75, 3.05) is 20.2 Å². The van der Waals surface area contributed by atoms with Gasteiger partial charge in [0, 0.05) is 24.6 Å². The Labute approximate surface area is 172 Å². The van der Waals surface area contributed by atoms with Crippen molar-refractivity contribution in [3.05, 3.63) is 23.8 Å². The maximum Gasteiger partial charge on any atom is 0.230 e. The van der Waals surface area contributed by atoms with Crippen LogP contribution in [0.25, 0.3) is 0 Å². The first-order chi connectivity index (χ1) is 14.0. The number of fused-ring (bicyclic) bond motifs is 3. The lowest BCUT2D eigenvalue weighted by molar-refractivity contribution is -0.207. The number of methoxy groups -OCH3 is 1. The number of aliphatic hydroxyl groups is 1. The Morgan fingerprint density at radius 3 is 2.83 bits per heavy atom. The van der Waals surface area contributed by atoms with Gasteiger partial charge in [-0.25, -0.2) is 0 Å². The highest BCUT2D eigenvalue weighted by Crippen LogP contribution is 2.72. The normalized spacial score (nSPS) is 40.7. The number of nitrogens with zero attached hydrogens (tertiary/aromatic N) is 1. The van der Waals surface area contributed by atoms with Crippen molar-refractivity contribution in [1.29, 1.82) is 0 Å². The van der Waals surface area contributed by atoms with Gasteiger partial charge in [-0.3, -0.25) is 4.79 Å². The van der Waals surface area contributed by atoms with Gasteiger partial charge in [-0.1, -0.05) is 12.1 Å². The zero-order chi connectivity index (χ0) is 20.0. The average Bonchev–Trinajstić information content (AvgIpc) is 3.48. The lowest BCUT2D eigenvalue weighted by Crippen LogP contribution is -2.75. The zero-order valence-corrected chi connectivity index (χ0v) is 17.4. The predicted octanol–water partition coefficient (Wildman–Crippen LogP) is 3.13. The van der Waals surface area contributed by atoms with Crippen molar-refractivity contribution in [3.8, 4) is 11.5 Å². The number of amides is 1. The Kier molecular flexibility index (Phi) is 3.67. The fourth-order valence-corrected chi connectivity index (χ4v) is 7.64. The molecule has 0 radical (unpaired) electrons. The molecule has 1 amide bonds. The van der Waals surface area contributed by atoms with E-state index in [1.165, 1.54) is 12.8 Å². The van der Waals surface area contributed by atoms with Crippen molar-refractivity contribution >= 4 is 5.91 Å². The van der Waals surface area contributed by atoms with E-state index >= 15 is 0 Å². The molecule has 5 fully saturated rings. The summed E-state index contributed by atoms with van der Waals surface area (Å²) in [6, 6.07) is 6.15. The third-order valence-electron chi connectivity index (χ3n) is 8.94. The van der Waals surface area contributed by atoms with Gasteiger partial charge in [-0.2, -0.15) is 0 Å². The first-order valence-corrected chi connectivity index (χ1v) is 11.3. The third-order valence-corrected chi connectivity index (χ3v) is 8.94. The van der Waals surface area contributed by atoms with Crippen LogP contribution in [0.3, 0.4) is 0 Å². The van der Waals surface area contributed by atoms with Gasteiger partial charge in [0.15, 0.2) is 11.5 Å². The lowest BCUT2D eigenvalue weighted by atomic mass is 9.38. The van der Waals surface area contributed by atoms with Gasteiger partial charge in [-0.05, 0) is 63.4 Å². The van der Waals surface area contributed by atoms with Crippen LogP contribution in [0.2, 0.25) is 0 Å². The van der Waals surface area contributed by atoms with E-state index in [0.717, 1.165) is 55.8 Å². The van der Waals surface area contributed by atoms with E-state index in [9.17, 15) is 9.90 Å². The van der Waals surface area contributed by atoms with Gasteiger partial charge >= 0.3 is 0 Å². The molecule has 6 unspecified atom stereocenters. The summed E-state index contributed by atoms with van der Waals surface area (Å²) in [6.45, 7) is 3.58. The number of carbonyl (C=O) groups is 1. The number of hydrogen-bond donors (Lipinski definition) is 1. The molecule has 1 aromatic rings. The van der Waals surface area contributed by atoms with Crippen LogP contribution in [0.1, 0.15) is 51.0 Å². The first kappa shape index (κ1) is 18.1. The Morgan fingerprint density at radius 2 is 2.10 bits per heavy atom. The summed E-state index contributed by atoms with van der Waals surface area (Å²) >= 11 is 0. The topological polar surface area (TPSA) is 59.0 Å². The molecule has 4 aliphatic carbocycles. The van der Waals surface area contributed by atoms with E-state index < -0.39 is 11.5 Å². The highest BCUT2D eigenvalue weighted by molar-refractivity contribution is 5.88. The van der Waals surface area contributed by atoms with Gasteiger partial charge < -0.3 is 19.5 Å². The molecule has 2 spiro atoms. The van der Waals surface area contributed by atoms with E-state index in [2.05, 4.69) is 11.0 Å². The van der Waals surface area contributed by atoms with Crippen molar-refractivity contribution in [1.82, 2.24) is 4.90 Å². The van der Waals surface area contributed by atoms with E-state index in [4.69, 9.17) is 9.47 Å². The number of piperidine rings is 1. The number of ether oxygens (including phenoxy) is 2. The first-order valence-electron chi connectivity index (χ1n) is 11.3. The largest absolute Gasteiger partial charge is 0.493 e. The molecule has 6 aliphatic rings. The Balaban J connectivity index is 1.56. The summed E-state index contributed by atoms with van der Waals surface area (Å²) in [4.78, 5) is 16.4. The van der Waals surface area contributed by atoms with Crippen molar-refractivity contribution in [2.45, 2.75) is 63.1 Å². The molecule has 1 saturated heterocycles. The van der Waals surface area contributed by atoms with Crippen molar-refractivity contribution in [2.24, 2.45) is 23.2 Å². The summed E-state index contributed by atoms with van der Waals surface area (Å²) in [5.74, 6) is 2.94. The highest BCUT2D eigenvalue weighted by atomic mass is 16.5. The molecule has 156 valence electrons. The quantitative estimate of drug-likeness (QED) is 0.848. The standard InChI is InChI=1S/C24H31NO4/c1-14(26)18-12-16-8-9-24(18)22(27)25(13-15-6-7-15)11-10-23(24)17-4-3-5-19(28-2)20(17)29-21(16)23/h3-5,14-16,18,21,26H,6-13H2,1-2H3. The Hall–Kier alpha value is -1.75. The molecule has 4 saturated carbocycles. The van der Waals surface area contributed by atoms with Crippen LogP contribution < -0.4 is 9.47 Å². The summed E-state index contributed by atoms with van der Waals surface area (Å²) in [7, 11) is 1.69. The van der Waals surface area contributed by atoms with Crippen LogP contribution >= 0.6 is 0 Å². The molecule has 1 aromatic carbocycles. The molecule has 5 nitrogen and oxygen atoms in total. The second-order valence-electron chi connectivity index (χ2n) is 10.1. The third kappa shape index (κ3) is 2.08. The molecule has 7 rings (SSSR count). The number of carbonyl (C=O) groups excluding carboxylic acids is 1. The number of para-hydroxylation sites is 1. The van der Waals surface area contributed by atoms with Gasteiger partial charge in [0.05, 0.1) is 24.0 Å². The van der Waals surface area contributed by atoms with Gasteiger partial charge in [0.1, 0.15) is 6.10 Å². The van der Waals surface area contributed by atoms with Crippen LogP contribution in [0.4, 0.5) is 0 Å². The summed E-state index contributed by atoms with van der Waals surface area (Å²) < 4.78 is 12.3. The number of aliphatic hydroxyl groups excluding tert-OH is 1. The van der Waals surface area contributed by atoms with Crippen LogP contribution in [-0.4, -0.2) is 48.3 Å².